The van der Waals surface area contributed by atoms with E-state index in [2.05, 4.69) is 4.72 Å². The Kier molecular flexibility index (Phi) is 4.52. The van der Waals surface area contributed by atoms with Crippen molar-refractivity contribution in [2.45, 2.75) is 19.4 Å². The largest absolute Gasteiger partial charge is 0.493 e. The molecule has 0 radical (unpaired) electrons. The number of para-hydroxylation sites is 1. The number of methoxy groups -OCH3 is 1. The maximum Gasteiger partial charge on any atom is 0.279 e. The highest BCUT2D eigenvalue weighted by Gasteiger charge is 2.27. The van der Waals surface area contributed by atoms with Gasteiger partial charge >= 0.3 is 0 Å². The molecule has 2 rings (SSSR count). The highest BCUT2D eigenvalue weighted by Crippen LogP contribution is 2.34. The van der Waals surface area contributed by atoms with E-state index in [4.69, 9.17) is 9.47 Å². The number of hydrogen-bond acceptors (Lipinski definition) is 4. The van der Waals surface area contributed by atoms with Gasteiger partial charge in [-0.05, 0) is 18.1 Å². The molecule has 1 unspecified atom stereocenters. The lowest BCUT2D eigenvalue weighted by Gasteiger charge is -2.28. The van der Waals surface area contributed by atoms with Crippen LogP contribution in [0.3, 0.4) is 0 Å². The van der Waals surface area contributed by atoms with Crippen LogP contribution in [0.15, 0.2) is 18.2 Å². The fourth-order valence-corrected chi connectivity index (χ4v) is 3.19. The van der Waals surface area contributed by atoms with Gasteiger partial charge in [-0.2, -0.15) is 17.4 Å². The molecule has 1 atom stereocenters. The quantitative estimate of drug-likeness (QED) is 0.873. The van der Waals surface area contributed by atoms with E-state index < -0.39 is 10.2 Å². The van der Waals surface area contributed by atoms with Crippen molar-refractivity contribution in [2.75, 3.05) is 27.3 Å². The Hall–Kier alpha value is -1.31. The van der Waals surface area contributed by atoms with Gasteiger partial charge in [0.1, 0.15) is 6.61 Å². The fraction of sp³-hybridized carbons (Fsp3) is 0.538. The van der Waals surface area contributed by atoms with Crippen LogP contribution in [0.2, 0.25) is 0 Å². The predicted molar refractivity (Wildman–Crippen MR) is 76.3 cm³/mol. The van der Waals surface area contributed by atoms with Gasteiger partial charge in [0.2, 0.25) is 0 Å². The predicted octanol–water partition coefficient (Wildman–Crippen LogP) is 0.785. The summed E-state index contributed by atoms with van der Waals surface area (Å²) < 4.78 is 38.8. The van der Waals surface area contributed by atoms with Crippen molar-refractivity contribution in [1.82, 2.24) is 9.03 Å². The average molecular weight is 300 g/mol. The second-order valence-corrected chi connectivity index (χ2v) is 6.51. The van der Waals surface area contributed by atoms with Crippen molar-refractivity contribution in [3.8, 4) is 11.5 Å². The molecule has 1 N–H and O–H groups in total. The summed E-state index contributed by atoms with van der Waals surface area (Å²) in [7, 11) is -0.324. The molecule has 0 aliphatic carbocycles. The maximum absolute atomic E-state index is 12.0. The van der Waals surface area contributed by atoms with E-state index in [1.54, 1.807) is 21.1 Å². The molecule has 112 valence electrons. The minimum Gasteiger partial charge on any atom is -0.493 e. The minimum atomic E-state index is -3.46. The monoisotopic (exact) mass is 300 g/mol. The molecule has 1 heterocycles. The van der Waals surface area contributed by atoms with Crippen LogP contribution in [0.25, 0.3) is 0 Å². The summed E-state index contributed by atoms with van der Waals surface area (Å²) >= 11 is 0. The SMILES string of the molecule is CCN(C)S(=O)(=O)NC1COc2c(cccc2OC)C1. The zero-order valence-electron chi connectivity index (χ0n) is 11.9. The Bertz CT molecular complexity index is 574. The number of fused-ring (bicyclic) bond motifs is 1. The first-order valence-corrected chi connectivity index (χ1v) is 7.94. The summed E-state index contributed by atoms with van der Waals surface area (Å²) in [5, 5.41) is 0. The lowest BCUT2D eigenvalue weighted by atomic mass is 10.0. The molecule has 0 amide bonds. The van der Waals surface area contributed by atoms with E-state index in [1.807, 2.05) is 18.2 Å². The van der Waals surface area contributed by atoms with Crippen LogP contribution in [0.1, 0.15) is 12.5 Å². The fourth-order valence-electron chi connectivity index (χ4n) is 2.10. The molecule has 0 bridgehead atoms. The first kappa shape index (κ1) is 15.1. The first-order valence-electron chi connectivity index (χ1n) is 6.50. The molecule has 1 aromatic rings. The molecule has 0 spiro atoms. The smallest absolute Gasteiger partial charge is 0.279 e. The van der Waals surface area contributed by atoms with Crippen LogP contribution in [0.4, 0.5) is 0 Å². The molecule has 0 fully saturated rings. The molecule has 6 nitrogen and oxygen atoms in total. The van der Waals surface area contributed by atoms with Crippen molar-refractivity contribution in [3.63, 3.8) is 0 Å². The normalized spacial score (nSPS) is 18.5. The highest BCUT2D eigenvalue weighted by atomic mass is 32.2. The number of rotatable bonds is 5. The Labute approximate surface area is 119 Å². The summed E-state index contributed by atoms with van der Waals surface area (Å²) in [4.78, 5) is 0. The second kappa shape index (κ2) is 5.99. The molecule has 1 aliphatic rings. The first-order chi connectivity index (χ1) is 9.47. The van der Waals surface area contributed by atoms with Crippen molar-refractivity contribution in [1.29, 1.82) is 0 Å². The number of nitrogens with one attached hydrogen (secondary N) is 1. The van der Waals surface area contributed by atoms with Gasteiger partial charge in [-0.3, -0.25) is 0 Å². The molecule has 0 saturated carbocycles. The lowest BCUT2D eigenvalue weighted by molar-refractivity contribution is 0.239. The molecular formula is C13H20N2O4S. The highest BCUT2D eigenvalue weighted by molar-refractivity contribution is 7.87. The van der Waals surface area contributed by atoms with Crippen LogP contribution < -0.4 is 14.2 Å². The van der Waals surface area contributed by atoms with E-state index in [1.165, 1.54) is 4.31 Å². The van der Waals surface area contributed by atoms with Gasteiger partial charge in [0.15, 0.2) is 11.5 Å². The van der Waals surface area contributed by atoms with Crippen LogP contribution in [-0.4, -0.2) is 46.1 Å². The van der Waals surface area contributed by atoms with Gasteiger partial charge in [-0.15, -0.1) is 0 Å². The zero-order chi connectivity index (χ0) is 14.8. The Morgan fingerprint density at radius 3 is 2.90 bits per heavy atom. The Morgan fingerprint density at radius 1 is 1.50 bits per heavy atom. The van der Waals surface area contributed by atoms with Crippen LogP contribution in [0.5, 0.6) is 11.5 Å². The lowest BCUT2D eigenvalue weighted by Crippen LogP contribution is -2.48. The molecule has 0 aromatic heterocycles. The number of hydrogen-bond donors (Lipinski definition) is 1. The van der Waals surface area contributed by atoms with E-state index >= 15 is 0 Å². The van der Waals surface area contributed by atoms with E-state index in [-0.39, 0.29) is 6.04 Å². The van der Waals surface area contributed by atoms with E-state index in [9.17, 15) is 8.42 Å². The third-order valence-corrected chi connectivity index (χ3v) is 5.06. The third-order valence-electron chi connectivity index (χ3n) is 3.35. The van der Waals surface area contributed by atoms with Crippen molar-refractivity contribution in [2.24, 2.45) is 0 Å². The van der Waals surface area contributed by atoms with E-state index in [0.29, 0.717) is 31.1 Å². The standard InChI is InChI=1S/C13H20N2O4S/c1-4-15(2)20(16,17)14-11-8-10-6-5-7-12(18-3)13(10)19-9-11/h5-7,11,14H,4,8-9H2,1-3H3. The Balaban J connectivity index is 2.13. The minimum absolute atomic E-state index is 0.270. The Morgan fingerprint density at radius 2 is 2.25 bits per heavy atom. The van der Waals surface area contributed by atoms with Crippen LogP contribution in [0, 0.1) is 0 Å². The van der Waals surface area contributed by atoms with Gasteiger partial charge < -0.3 is 9.47 Å². The van der Waals surface area contributed by atoms with Crippen molar-refractivity contribution in [3.05, 3.63) is 23.8 Å². The van der Waals surface area contributed by atoms with Gasteiger partial charge in [-0.25, -0.2) is 0 Å². The summed E-state index contributed by atoms with van der Waals surface area (Å²) in [6, 6.07) is 5.35. The molecule has 0 saturated heterocycles. The average Bonchev–Trinajstić information content (AvgIpc) is 2.44. The number of benzene rings is 1. The zero-order valence-corrected chi connectivity index (χ0v) is 12.7. The van der Waals surface area contributed by atoms with Crippen molar-refractivity contribution >= 4 is 10.2 Å². The summed E-state index contributed by atoms with van der Waals surface area (Å²) in [5.41, 5.74) is 0.947. The topological polar surface area (TPSA) is 67.9 Å². The molecule has 1 aromatic carbocycles. The summed E-state index contributed by atoms with van der Waals surface area (Å²) in [6.07, 6.45) is 0.587. The number of nitrogens with zero attached hydrogens (tertiary/aromatic N) is 1. The summed E-state index contributed by atoms with van der Waals surface area (Å²) in [5.74, 6) is 1.38. The van der Waals surface area contributed by atoms with Gasteiger partial charge in [0.05, 0.1) is 13.2 Å². The van der Waals surface area contributed by atoms with Gasteiger partial charge in [0.25, 0.3) is 10.2 Å². The van der Waals surface area contributed by atoms with E-state index in [0.717, 1.165) is 5.56 Å². The third kappa shape index (κ3) is 3.05. The van der Waals surface area contributed by atoms with Crippen LogP contribution in [-0.2, 0) is 16.6 Å². The maximum atomic E-state index is 12.0. The van der Waals surface area contributed by atoms with Gasteiger partial charge in [-0.1, -0.05) is 19.1 Å². The van der Waals surface area contributed by atoms with Gasteiger partial charge in [0, 0.05) is 13.6 Å². The number of ether oxygens (including phenoxy) is 2. The molecule has 20 heavy (non-hydrogen) atoms. The molecular weight excluding hydrogens is 280 g/mol. The summed E-state index contributed by atoms with van der Waals surface area (Å²) in [6.45, 7) is 2.51. The molecule has 7 heteroatoms. The van der Waals surface area contributed by atoms with Crippen LogP contribution >= 0.6 is 0 Å². The van der Waals surface area contributed by atoms with Crippen molar-refractivity contribution < 1.29 is 17.9 Å². The second-order valence-electron chi connectivity index (χ2n) is 4.70. The molecule has 1 aliphatic heterocycles.